The summed E-state index contributed by atoms with van der Waals surface area (Å²) in [4.78, 5) is 40.4. The van der Waals surface area contributed by atoms with E-state index < -0.39 is 5.79 Å². The van der Waals surface area contributed by atoms with Gasteiger partial charge in [0.05, 0.1) is 32.7 Å². The van der Waals surface area contributed by atoms with E-state index in [0.29, 0.717) is 57.1 Å². The molecule has 12 nitrogen and oxygen atoms in total. The number of carbonyl (C=O) groups is 3. The quantitative estimate of drug-likeness (QED) is 0.228. The molecule has 3 amide bonds. The van der Waals surface area contributed by atoms with Gasteiger partial charge in [-0.15, -0.1) is 0 Å². The van der Waals surface area contributed by atoms with E-state index in [4.69, 9.17) is 24.1 Å². The molecule has 0 radical (unpaired) electrons. The van der Waals surface area contributed by atoms with Gasteiger partial charge in [-0.05, 0) is 61.0 Å². The van der Waals surface area contributed by atoms with Crippen molar-refractivity contribution in [2.24, 2.45) is 5.73 Å². The minimum absolute atomic E-state index is 0.0608. The van der Waals surface area contributed by atoms with Gasteiger partial charge in [-0.2, -0.15) is 0 Å². The fourth-order valence-electron chi connectivity index (χ4n) is 4.95. The number of fused-ring (bicyclic) bond motifs is 1. The third kappa shape index (κ3) is 10.1. The number of halogens is 1. The van der Waals surface area contributed by atoms with Gasteiger partial charge in [0.1, 0.15) is 17.3 Å². The molecule has 1 spiro atoms. The second kappa shape index (κ2) is 17.4. The smallest absolute Gasteiger partial charge is 0.227 e. The lowest BCUT2D eigenvalue weighted by Crippen LogP contribution is -2.38. The monoisotopic (exact) mass is 623 g/mol. The first-order chi connectivity index (χ1) is 21.8. The number of rotatable bonds is 7. The number of aromatic amines is 1. The maximum atomic E-state index is 12.9. The number of likely N-dealkylation sites (tertiary alicyclic amines) is 1. The van der Waals surface area contributed by atoms with Crippen LogP contribution < -0.4 is 15.8 Å². The van der Waals surface area contributed by atoms with E-state index in [1.165, 1.54) is 12.1 Å². The highest BCUT2D eigenvalue weighted by Gasteiger charge is 2.48. The second-order valence-electron chi connectivity index (χ2n) is 9.95. The maximum absolute atomic E-state index is 12.9. The average molecular weight is 624 g/mol. The number of benzene rings is 2. The van der Waals surface area contributed by atoms with Crippen molar-refractivity contribution in [2.45, 2.75) is 38.1 Å². The van der Waals surface area contributed by atoms with Crippen LogP contribution >= 0.6 is 0 Å². The van der Waals surface area contributed by atoms with Crippen molar-refractivity contribution in [1.29, 1.82) is 0 Å². The normalized spacial score (nSPS) is 15.9. The summed E-state index contributed by atoms with van der Waals surface area (Å²) < 4.78 is 30.1. The minimum Gasteiger partial charge on any atom is -0.457 e. The first kappa shape index (κ1) is 34.6. The number of aliphatic hydroxyl groups is 1. The molecule has 4 heterocycles. The molecular formula is C32H38FN5O7. The summed E-state index contributed by atoms with van der Waals surface area (Å²) in [6, 6.07) is 17.2. The highest BCUT2D eigenvalue weighted by molar-refractivity contribution is 5.80. The molecule has 0 bridgehead atoms. The van der Waals surface area contributed by atoms with Crippen LogP contribution in [0.5, 0.6) is 11.5 Å². The van der Waals surface area contributed by atoms with Crippen LogP contribution in [0.4, 0.5) is 4.39 Å². The molecule has 240 valence electrons. The lowest BCUT2D eigenvalue weighted by Gasteiger charge is -2.23. The molecule has 2 aromatic carbocycles. The van der Waals surface area contributed by atoms with Gasteiger partial charge < -0.3 is 40.3 Å². The van der Waals surface area contributed by atoms with E-state index in [0.717, 1.165) is 29.3 Å². The van der Waals surface area contributed by atoms with Crippen LogP contribution in [0.15, 0.2) is 73.1 Å². The molecule has 2 fully saturated rings. The van der Waals surface area contributed by atoms with Gasteiger partial charge in [0.2, 0.25) is 18.7 Å². The summed E-state index contributed by atoms with van der Waals surface area (Å²) in [6.07, 6.45) is 5.48. The number of hydrogen-bond acceptors (Lipinski definition) is 8. The number of pyridine rings is 1. The summed E-state index contributed by atoms with van der Waals surface area (Å²) in [5, 5.41) is 10.7. The molecule has 0 aliphatic carbocycles. The van der Waals surface area contributed by atoms with Crippen molar-refractivity contribution in [1.82, 2.24) is 20.2 Å². The number of aromatic nitrogens is 2. The number of primary amides is 1. The van der Waals surface area contributed by atoms with Crippen molar-refractivity contribution in [3.05, 3.63) is 90.1 Å². The molecule has 1 unspecified atom stereocenters. The zero-order valence-electron chi connectivity index (χ0n) is 25.1. The summed E-state index contributed by atoms with van der Waals surface area (Å²) in [5.74, 6) is 0.349. The predicted octanol–water partition coefficient (Wildman–Crippen LogP) is 3.04. The molecule has 45 heavy (non-hydrogen) atoms. The summed E-state index contributed by atoms with van der Waals surface area (Å²) in [5.41, 5.74) is 7.10. The predicted molar refractivity (Wildman–Crippen MR) is 164 cm³/mol. The molecule has 0 saturated carbocycles. The zero-order chi connectivity index (χ0) is 32.7. The number of hydrogen-bond donors (Lipinski definition) is 4. The Morgan fingerprint density at radius 3 is 2.36 bits per heavy atom. The number of carbonyl (C=O) groups excluding carboxylic acids is 3. The van der Waals surface area contributed by atoms with Crippen molar-refractivity contribution < 1.29 is 38.1 Å². The number of ether oxygens (including phenoxy) is 3. The Bertz CT molecular complexity index is 1460. The van der Waals surface area contributed by atoms with E-state index in [-0.39, 0.29) is 24.2 Å². The second-order valence-corrected chi connectivity index (χ2v) is 9.95. The van der Waals surface area contributed by atoms with E-state index >= 15 is 0 Å². The van der Waals surface area contributed by atoms with E-state index in [1.54, 1.807) is 24.5 Å². The minimum atomic E-state index is -0.609. The Kier molecular flexibility index (Phi) is 13.4. The Morgan fingerprint density at radius 2 is 1.76 bits per heavy atom. The standard InChI is InChI=1S/C21H22FNO4.C9H9N3O.CH3NO.CH4O/c1-15-13-21(25-10-11-26-21)14-23(15)20(24)12-16-2-6-18(7-3-16)27-19-8-4-17(22)5-9-19;13-6-11-5-8-3-7-4-10-2-1-9(7)12-8;2-1-3;1-2/h2-9,15H,10-14H2,1H3;1-4,6,12H,5H2,(H,11,13);1H,(H2,2,3);2H,1H3. The van der Waals surface area contributed by atoms with Crippen molar-refractivity contribution in [3.63, 3.8) is 0 Å². The molecule has 5 N–H and O–H groups in total. The Labute approximate surface area is 260 Å². The topological polar surface area (TPSA) is 169 Å². The molecule has 2 aliphatic heterocycles. The highest BCUT2D eigenvalue weighted by atomic mass is 19.1. The van der Waals surface area contributed by atoms with E-state index in [2.05, 4.69) is 21.0 Å². The van der Waals surface area contributed by atoms with Crippen LogP contribution in [-0.4, -0.2) is 77.4 Å². The lowest BCUT2D eigenvalue weighted by molar-refractivity contribution is -0.152. The van der Waals surface area contributed by atoms with Crippen LogP contribution in [-0.2, 0) is 36.8 Å². The summed E-state index contributed by atoms with van der Waals surface area (Å²) in [6.45, 7) is 4.21. The molecule has 4 aromatic rings. The number of nitrogens with two attached hydrogens (primary N) is 1. The van der Waals surface area contributed by atoms with Crippen LogP contribution in [0.25, 0.3) is 10.9 Å². The van der Waals surface area contributed by atoms with E-state index in [9.17, 15) is 14.0 Å². The molecule has 2 aliphatic rings. The number of nitrogens with one attached hydrogen (secondary N) is 2. The van der Waals surface area contributed by atoms with Gasteiger partial charge >= 0.3 is 0 Å². The number of aliphatic hydroxyl groups excluding tert-OH is 1. The Morgan fingerprint density at radius 1 is 1.13 bits per heavy atom. The van der Waals surface area contributed by atoms with Crippen LogP contribution in [0.2, 0.25) is 0 Å². The fourth-order valence-corrected chi connectivity index (χ4v) is 4.95. The number of H-pyrrole nitrogens is 1. The third-order valence-electron chi connectivity index (χ3n) is 6.86. The van der Waals surface area contributed by atoms with Crippen LogP contribution in [0.1, 0.15) is 24.6 Å². The maximum Gasteiger partial charge on any atom is 0.227 e. The Hall–Kier alpha value is -4.85. The van der Waals surface area contributed by atoms with Gasteiger partial charge in [0.15, 0.2) is 5.79 Å². The summed E-state index contributed by atoms with van der Waals surface area (Å²) >= 11 is 0. The largest absolute Gasteiger partial charge is 0.457 e. The van der Waals surface area contributed by atoms with Gasteiger partial charge in [0.25, 0.3) is 0 Å². The van der Waals surface area contributed by atoms with Crippen molar-refractivity contribution >= 4 is 29.6 Å². The van der Waals surface area contributed by atoms with E-state index in [1.807, 2.05) is 48.2 Å². The Balaban J connectivity index is 0.000000256. The zero-order valence-corrected chi connectivity index (χ0v) is 25.1. The molecule has 13 heteroatoms. The lowest BCUT2D eigenvalue weighted by atomic mass is 10.1. The molecule has 6 rings (SSSR count). The third-order valence-corrected chi connectivity index (χ3v) is 6.86. The average Bonchev–Trinajstić information content (AvgIpc) is 3.78. The molecule has 1 atom stereocenters. The highest BCUT2D eigenvalue weighted by Crippen LogP contribution is 2.35. The first-order valence-corrected chi connectivity index (χ1v) is 14.1. The fraction of sp³-hybridized carbons (Fsp3) is 0.312. The number of amides is 3. The van der Waals surface area contributed by atoms with Crippen molar-refractivity contribution in [2.75, 3.05) is 26.9 Å². The number of nitrogens with zero attached hydrogens (tertiary/aromatic N) is 2. The van der Waals surface area contributed by atoms with Gasteiger partial charge in [0, 0.05) is 48.6 Å². The first-order valence-electron chi connectivity index (χ1n) is 14.1. The molecule has 2 saturated heterocycles. The van der Waals surface area contributed by atoms with Gasteiger partial charge in [-0.25, -0.2) is 4.39 Å². The van der Waals surface area contributed by atoms with Gasteiger partial charge in [-0.3, -0.25) is 19.4 Å². The van der Waals surface area contributed by atoms with Crippen LogP contribution in [0.3, 0.4) is 0 Å². The summed E-state index contributed by atoms with van der Waals surface area (Å²) in [7, 11) is 1.00. The molecular weight excluding hydrogens is 585 g/mol. The van der Waals surface area contributed by atoms with Crippen LogP contribution in [0, 0.1) is 5.82 Å². The van der Waals surface area contributed by atoms with Gasteiger partial charge in [-0.1, -0.05) is 12.1 Å². The SMILES string of the molecule is CC1CC2(CN1C(=O)Cc1ccc(Oc3ccc(F)cc3)cc1)OCCO2.CO.NC=O.O=CNCc1cc2cnccc2[nH]1. The van der Waals surface area contributed by atoms with Crippen molar-refractivity contribution in [3.8, 4) is 11.5 Å². The molecule has 2 aromatic heterocycles.